The van der Waals surface area contributed by atoms with E-state index in [1.807, 2.05) is 0 Å². The SMILES string of the molecule is CCCCCC(CCCCCCCC(C)O)S(=O)(=O)O. The molecule has 0 saturated heterocycles. The predicted octanol–water partition coefficient (Wildman–Crippen LogP) is 3.93. The third-order valence-corrected chi connectivity index (χ3v) is 5.01. The fourth-order valence-electron chi connectivity index (χ4n) is 2.41. The van der Waals surface area contributed by atoms with Gasteiger partial charge in [0.05, 0.1) is 11.4 Å². The summed E-state index contributed by atoms with van der Waals surface area (Å²) in [7, 11) is -3.89. The van der Waals surface area contributed by atoms with E-state index < -0.39 is 15.4 Å². The van der Waals surface area contributed by atoms with Crippen LogP contribution in [0.15, 0.2) is 0 Å². The van der Waals surface area contributed by atoms with E-state index in [2.05, 4.69) is 6.92 Å². The number of hydrogen-bond acceptors (Lipinski definition) is 3. The second-order valence-corrected chi connectivity index (χ2v) is 7.52. The van der Waals surface area contributed by atoms with E-state index in [0.717, 1.165) is 57.8 Å². The summed E-state index contributed by atoms with van der Waals surface area (Å²) in [5, 5.41) is 8.55. The Hall–Kier alpha value is -0.130. The molecule has 0 bridgehead atoms. The molecule has 0 radical (unpaired) electrons. The molecule has 0 aliphatic rings. The van der Waals surface area contributed by atoms with E-state index >= 15 is 0 Å². The minimum Gasteiger partial charge on any atom is -0.393 e. The maximum absolute atomic E-state index is 11.3. The lowest BCUT2D eigenvalue weighted by molar-refractivity contribution is 0.180. The van der Waals surface area contributed by atoms with Gasteiger partial charge < -0.3 is 5.11 Å². The van der Waals surface area contributed by atoms with Crippen LogP contribution in [-0.4, -0.2) is 29.4 Å². The number of unbranched alkanes of at least 4 members (excludes halogenated alkanes) is 6. The molecule has 4 nitrogen and oxygen atoms in total. The average molecular weight is 308 g/mol. The first-order valence-corrected chi connectivity index (χ1v) is 9.52. The standard InChI is InChI=1S/C15H32O4S/c1-3-4-8-12-15(20(17,18)19)13-10-7-5-6-9-11-14(2)16/h14-16H,3-13H2,1-2H3,(H,17,18,19). The zero-order valence-corrected chi connectivity index (χ0v) is 13.9. The molecule has 0 spiro atoms. The van der Waals surface area contributed by atoms with Crippen LogP contribution in [0.25, 0.3) is 0 Å². The quantitative estimate of drug-likeness (QED) is 0.399. The molecule has 0 aromatic rings. The molecule has 0 aliphatic carbocycles. The number of rotatable bonds is 13. The number of aliphatic hydroxyl groups excluding tert-OH is 1. The van der Waals surface area contributed by atoms with Crippen molar-refractivity contribution in [1.29, 1.82) is 0 Å². The molecule has 2 N–H and O–H groups in total. The molecule has 2 unspecified atom stereocenters. The highest BCUT2D eigenvalue weighted by Crippen LogP contribution is 2.18. The molecule has 0 aliphatic heterocycles. The largest absolute Gasteiger partial charge is 0.393 e. The zero-order chi connectivity index (χ0) is 15.4. The first kappa shape index (κ1) is 19.9. The molecule has 0 heterocycles. The van der Waals surface area contributed by atoms with Crippen LogP contribution in [0.5, 0.6) is 0 Å². The molecular formula is C15H32O4S. The van der Waals surface area contributed by atoms with E-state index in [-0.39, 0.29) is 6.10 Å². The Kier molecular flexibility index (Phi) is 11.4. The van der Waals surface area contributed by atoms with Crippen LogP contribution < -0.4 is 0 Å². The Labute approximate surface area is 124 Å². The van der Waals surface area contributed by atoms with Crippen LogP contribution in [0.2, 0.25) is 0 Å². The van der Waals surface area contributed by atoms with Gasteiger partial charge in [-0.2, -0.15) is 8.42 Å². The highest BCUT2D eigenvalue weighted by molar-refractivity contribution is 7.86. The maximum Gasteiger partial charge on any atom is 0.267 e. The summed E-state index contributed by atoms with van der Waals surface area (Å²) in [6, 6.07) is 0. The Morgan fingerprint density at radius 1 is 0.850 bits per heavy atom. The Balaban J connectivity index is 3.75. The molecule has 0 saturated carbocycles. The topological polar surface area (TPSA) is 74.6 Å². The second kappa shape index (κ2) is 11.5. The summed E-state index contributed by atoms with van der Waals surface area (Å²) in [5.74, 6) is 0. The predicted molar refractivity (Wildman–Crippen MR) is 83.5 cm³/mol. The normalized spacial score (nSPS) is 15.2. The maximum atomic E-state index is 11.3. The number of hydrogen-bond donors (Lipinski definition) is 2. The first-order valence-electron chi connectivity index (χ1n) is 8.02. The van der Waals surface area contributed by atoms with Crippen molar-refractivity contribution in [2.75, 3.05) is 0 Å². The fourth-order valence-corrected chi connectivity index (χ4v) is 3.34. The number of aliphatic hydroxyl groups is 1. The lowest BCUT2D eigenvalue weighted by Gasteiger charge is -2.13. The van der Waals surface area contributed by atoms with Crippen LogP contribution >= 0.6 is 0 Å². The third-order valence-electron chi connectivity index (χ3n) is 3.70. The van der Waals surface area contributed by atoms with E-state index in [4.69, 9.17) is 5.11 Å². The average Bonchev–Trinajstić information content (AvgIpc) is 2.33. The molecule has 0 aromatic carbocycles. The highest BCUT2D eigenvalue weighted by atomic mass is 32.2. The summed E-state index contributed by atoms with van der Waals surface area (Å²) in [5.41, 5.74) is 0. The third kappa shape index (κ3) is 11.7. The van der Waals surface area contributed by atoms with Crippen LogP contribution in [-0.2, 0) is 10.1 Å². The minimum absolute atomic E-state index is 0.225. The monoisotopic (exact) mass is 308 g/mol. The molecule has 0 fully saturated rings. The zero-order valence-electron chi connectivity index (χ0n) is 13.1. The van der Waals surface area contributed by atoms with Gasteiger partial charge in [-0.1, -0.05) is 58.3 Å². The summed E-state index contributed by atoms with van der Waals surface area (Å²) in [6.07, 6.45) is 9.73. The molecule has 0 amide bonds. The summed E-state index contributed by atoms with van der Waals surface area (Å²) in [4.78, 5) is 0. The first-order chi connectivity index (χ1) is 9.38. The van der Waals surface area contributed by atoms with Crippen molar-refractivity contribution in [1.82, 2.24) is 0 Å². The van der Waals surface area contributed by atoms with Gasteiger partial charge >= 0.3 is 0 Å². The van der Waals surface area contributed by atoms with Crippen LogP contribution in [0.4, 0.5) is 0 Å². The molecule has 2 atom stereocenters. The van der Waals surface area contributed by atoms with Crippen molar-refractivity contribution in [2.24, 2.45) is 0 Å². The summed E-state index contributed by atoms with van der Waals surface area (Å²) in [6.45, 7) is 3.88. The molecule has 0 aromatic heterocycles. The van der Waals surface area contributed by atoms with E-state index in [1.54, 1.807) is 6.92 Å². The molecular weight excluding hydrogens is 276 g/mol. The van der Waals surface area contributed by atoms with Crippen molar-refractivity contribution in [3.8, 4) is 0 Å². The smallest absolute Gasteiger partial charge is 0.267 e. The Bertz CT molecular complexity index is 312. The van der Waals surface area contributed by atoms with Crippen molar-refractivity contribution in [3.05, 3.63) is 0 Å². The highest BCUT2D eigenvalue weighted by Gasteiger charge is 2.21. The van der Waals surface area contributed by atoms with Crippen molar-refractivity contribution in [2.45, 2.75) is 95.8 Å². The van der Waals surface area contributed by atoms with Crippen molar-refractivity contribution < 1.29 is 18.1 Å². The molecule has 20 heavy (non-hydrogen) atoms. The lowest BCUT2D eigenvalue weighted by Crippen LogP contribution is -2.20. The minimum atomic E-state index is -3.89. The van der Waals surface area contributed by atoms with Gasteiger partial charge in [0.2, 0.25) is 0 Å². The molecule has 0 rings (SSSR count). The second-order valence-electron chi connectivity index (χ2n) is 5.83. The lowest BCUT2D eigenvalue weighted by atomic mass is 10.0. The molecule has 5 heteroatoms. The van der Waals surface area contributed by atoms with Gasteiger partial charge in [-0.25, -0.2) is 0 Å². The summed E-state index contributed by atoms with van der Waals surface area (Å²) >= 11 is 0. The Morgan fingerprint density at radius 2 is 1.30 bits per heavy atom. The van der Waals surface area contributed by atoms with Crippen LogP contribution in [0.1, 0.15) is 84.5 Å². The van der Waals surface area contributed by atoms with E-state index in [0.29, 0.717) is 12.8 Å². The fraction of sp³-hybridized carbons (Fsp3) is 1.00. The van der Waals surface area contributed by atoms with Crippen LogP contribution in [0, 0.1) is 0 Å². The van der Waals surface area contributed by atoms with Crippen LogP contribution in [0.3, 0.4) is 0 Å². The van der Waals surface area contributed by atoms with Gasteiger partial charge in [-0.15, -0.1) is 0 Å². The van der Waals surface area contributed by atoms with Crippen molar-refractivity contribution in [3.63, 3.8) is 0 Å². The molecule has 122 valence electrons. The van der Waals surface area contributed by atoms with Gasteiger partial charge in [0.1, 0.15) is 0 Å². The van der Waals surface area contributed by atoms with E-state index in [9.17, 15) is 13.0 Å². The van der Waals surface area contributed by atoms with E-state index in [1.165, 1.54) is 0 Å². The van der Waals surface area contributed by atoms with Gasteiger partial charge in [0, 0.05) is 0 Å². The Morgan fingerprint density at radius 3 is 1.75 bits per heavy atom. The van der Waals surface area contributed by atoms with Gasteiger partial charge in [-0.05, 0) is 26.2 Å². The summed E-state index contributed by atoms with van der Waals surface area (Å²) < 4.78 is 31.8. The van der Waals surface area contributed by atoms with Gasteiger partial charge in [-0.3, -0.25) is 4.55 Å². The van der Waals surface area contributed by atoms with Gasteiger partial charge in [0.25, 0.3) is 10.1 Å². The van der Waals surface area contributed by atoms with Gasteiger partial charge in [0.15, 0.2) is 0 Å². The van der Waals surface area contributed by atoms with Crippen molar-refractivity contribution >= 4 is 10.1 Å².